The number of nitro benzene ring substituents is 2. The van der Waals surface area contributed by atoms with Gasteiger partial charge in [-0.15, -0.1) is 0 Å². The van der Waals surface area contributed by atoms with Crippen LogP contribution in [0, 0.1) is 27.2 Å². The molecule has 0 spiro atoms. The van der Waals surface area contributed by atoms with Crippen molar-refractivity contribution in [3.05, 3.63) is 68.5 Å². The van der Waals surface area contributed by atoms with E-state index in [9.17, 15) is 20.2 Å². The number of non-ortho nitro benzene ring substituents is 1. The molecule has 7 nitrogen and oxygen atoms in total. The number of hydrogen-bond donors (Lipinski definition) is 0. The molecule has 1 aromatic heterocycles. The molecule has 0 unspecified atom stereocenters. The molecule has 19 heavy (non-hydrogen) atoms. The minimum absolute atomic E-state index is 0.288. The van der Waals surface area contributed by atoms with E-state index in [-0.39, 0.29) is 17.1 Å². The molecule has 1 aromatic carbocycles. The highest BCUT2D eigenvalue weighted by molar-refractivity contribution is 5.53. The van der Waals surface area contributed by atoms with Gasteiger partial charge in [0.05, 0.1) is 9.85 Å². The van der Waals surface area contributed by atoms with E-state index in [1.807, 2.05) is 6.92 Å². The summed E-state index contributed by atoms with van der Waals surface area (Å²) >= 11 is 0. The summed E-state index contributed by atoms with van der Waals surface area (Å²) in [5, 5.41) is 21.7. The summed E-state index contributed by atoms with van der Waals surface area (Å²) in [6, 6.07) is 7.17. The van der Waals surface area contributed by atoms with Gasteiger partial charge in [0.15, 0.2) is 12.4 Å². The summed E-state index contributed by atoms with van der Waals surface area (Å²) in [7, 11) is 0. The van der Waals surface area contributed by atoms with E-state index >= 15 is 0 Å². The first-order valence-electron chi connectivity index (χ1n) is 5.40. The van der Waals surface area contributed by atoms with Crippen molar-refractivity contribution in [3.63, 3.8) is 0 Å². The number of nitro groups is 2. The average Bonchev–Trinajstić information content (AvgIpc) is 2.38. The summed E-state index contributed by atoms with van der Waals surface area (Å²) in [5.41, 5.74) is 0.697. The van der Waals surface area contributed by atoms with E-state index in [0.717, 1.165) is 11.6 Å². The zero-order valence-corrected chi connectivity index (χ0v) is 10.0. The van der Waals surface area contributed by atoms with Crippen LogP contribution in [0.3, 0.4) is 0 Å². The maximum Gasteiger partial charge on any atom is 0.347 e. The number of hydrogen-bond acceptors (Lipinski definition) is 4. The molecular formula is C12H10N3O4+. The Balaban J connectivity index is 2.59. The largest absolute Gasteiger partial charge is 0.347 e. The molecule has 7 heteroatoms. The van der Waals surface area contributed by atoms with Gasteiger partial charge in [0, 0.05) is 24.3 Å². The first-order valence-corrected chi connectivity index (χ1v) is 5.40. The number of nitrogens with zero attached hydrogens (tertiary/aromatic N) is 3. The number of aromatic nitrogens is 1. The maximum absolute atomic E-state index is 11.0. The molecule has 0 aliphatic carbocycles. The standard InChI is InChI=1S/C12H10N3O4/c1-9-4-6-13(7-5-9)11-3-2-10(14(16)17)8-12(11)15(18)19/h2-8H,1H3/q+1. The average molecular weight is 260 g/mol. The molecular weight excluding hydrogens is 250 g/mol. The normalized spacial score (nSPS) is 10.2. The summed E-state index contributed by atoms with van der Waals surface area (Å²) < 4.78 is 1.55. The molecule has 0 bridgehead atoms. The van der Waals surface area contributed by atoms with Gasteiger partial charge < -0.3 is 0 Å². The topological polar surface area (TPSA) is 90.2 Å². The zero-order chi connectivity index (χ0) is 14.0. The second kappa shape index (κ2) is 4.81. The third-order valence-corrected chi connectivity index (χ3v) is 2.64. The molecule has 96 valence electrons. The summed E-state index contributed by atoms with van der Waals surface area (Å²) in [6.07, 6.45) is 3.34. The molecule has 0 aliphatic heterocycles. The Morgan fingerprint density at radius 1 is 1.00 bits per heavy atom. The fourth-order valence-electron chi connectivity index (χ4n) is 1.65. The third-order valence-electron chi connectivity index (χ3n) is 2.64. The van der Waals surface area contributed by atoms with Gasteiger partial charge in [-0.25, -0.2) is 0 Å². The van der Waals surface area contributed by atoms with Crippen molar-refractivity contribution < 1.29 is 14.4 Å². The molecule has 0 amide bonds. The van der Waals surface area contributed by atoms with Crippen LogP contribution in [0.25, 0.3) is 5.69 Å². The van der Waals surface area contributed by atoms with Crippen LogP contribution in [0.1, 0.15) is 5.56 Å². The summed E-state index contributed by atoms with van der Waals surface area (Å²) in [6.45, 7) is 1.90. The quantitative estimate of drug-likeness (QED) is 0.480. The second-order valence-corrected chi connectivity index (χ2v) is 3.97. The second-order valence-electron chi connectivity index (χ2n) is 3.97. The minimum Gasteiger partial charge on any atom is -0.258 e. The van der Waals surface area contributed by atoms with Crippen LogP contribution in [-0.2, 0) is 0 Å². The van der Waals surface area contributed by atoms with Crippen molar-refractivity contribution in [2.75, 3.05) is 0 Å². The SMILES string of the molecule is Cc1cc[n+](-c2ccc([N+](=O)[O-])cc2[N+](=O)[O-])cc1. The van der Waals surface area contributed by atoms with Crippen LogP contribution < -0.4 is 4.57 Å². The Labute approximate surface area is 108 Å². The van der Waals surface area contributed by atoms with Crippen molar-refractivity contribution in [2.24, 2.45) is 0 Å². The van der Waals surface area contributed by atoms with Crippen LogP contribution in [0.4, 0.5) is 11.4 Å². The van der Waals surface area contributed by atoms with Crippen molar-refractivity contribution in [1.82, 2.24) is 0 Å². The molecule has 0 atom stereocenters. The fourth-order valence-corrected chi connectivity index (χ4v) is 1.65. The highest BCUT2D eigenvalue weighted by Gasteiger charge is 2.25. The van der Waals surface area contributed by atoms with E-state index in [1.165, 1.54) is 12.1 Å². The van der Waals surface area contributed by atoms with Crippen molar-refractivity contribution in [1.29, 1.82) is 0 Å². The van der Waals surface area contributed by atoms with E-state index < -0.39 is 9.85 Å². The van der Waals surface area contributed by atoms with Crippen molar-refractivity contribution in [3.8, 4) is 5.69 Å². The molecule has 0 radical (unpaired) electrons. The number of aryl methyl sites for hydroxylation is 1. The van der Waals surface area contributed by atoms with Gasteiger partial charge in [0.25, 0.3) is 11.4 Å². The monoisotopic (exact) mass is 260 g/mol. The molecule has 0 N–H and O–H groups in total. The molecule has 2 rings (SSSR count). The van der Waals surface area contributed by atoms with Gasteiger partial charge in [-0.3, -0.25) is 20.2 Å². The predicted molar refractivity (Wildman–Crippen MR) is 66.0 cm³/mol. The fraction of sp³-hybridized carbons (Fsp3) is 0.0833. The lowest BCUT2D eigenvalue weighted by molar-refractivity contribution is -0.601. The van der Waals surface area contributed by atoms with Crippen molar-refractivity contribution >= 4 is 11.4 Å². The lowest BCUT2D eigenvalue weighted by atomic mass is 10.2. The Morgan fingerprint density at radius 2 is 1.63 bits per heavy atom. The third kappa shape index (κ3) is 2.54. The number of benzene rings is 1. The predicted octanol–water partition coefficient (Wildman–Crippen LogP) is 2.09. The molecule has 0 aliphatic rings. The smallest absolute Gasteiger partial charge is 0.258 e. The van der Waals surface area contributed by atoms with Crippen LogP contribution in [-0.4, -0.2) is 9.85 Å². The van der Waals surface area contributed by atoms with Gasteiger partial charge >= 0.3 is 5.69 Å². The first-order chi connectivity index (χ1) is 8.99. The van der Waals surface area contributed by atoms with Crippen LogP contribution in [0.15, 0.2) is 42.7 Å². The number of pyridine rings is 1. The Kier molecular flexibility index (Phi) is 3.19. The van der Waals surface area contributed by atoms with Crippen LogP contribution in [0.2, 0.25) is 0 Å². The van der Waals surface area contributed by atoms with Gasteiger partial charge in [0.2, 0.25) is 0 Å². The highest BCUT2D eigenvalue weighted by Crippen LogP contribution is 2.24. The van der Waals surface area contributed by atoms with E-state index in [2.05, 4.69) is 0 Å². The van der Waals surface area contributed by atoms with E-state index in [4.69, 9.17) is 0 Å². The lowest BCUT2D eigenvalue weighted by Gasteiger charge is -1.98. The first kappa shape index (κ1) is 12.6. The van der Waals surface area contributed by atoms with Crippen molar-refractivity contribution in [2.45, 2.75) is 6.92 Å². The number of rotatable bonds is 3. The van der Waals surface area contributed by atoms with Crippen LogP contribution in [0.5, 0.6) is 0 Å². The lowest BCUT2D eigenvalue weighted by Crippen LogP contribution is -2.30. The Bertz CT molecular complexity index is 653. The summed E-state index contributed by atoms with van der Waals surface area (Å²) in [5.74, 6) is 0. The van der Waals surface area contributed by atoms with Gasteiger partial charge in [-0.1, -0.05) is 0 Å². The Hall–Kier alpha value is -2.83. The molecule has 1 heterocycles. The minimum atomic E-state index is -0.656. The summed E-state index contributed by atoms with van der Waals surface area (Å²) in [4.78, 5) is 20.4. The highest BCUT2D eigenvalue weighted by atomic mass is 16.6. The van der Waals surface area contributed by atoms with Gasteiger partial charge in [0.1, 0.15) is 6.07 Å². The van der Waals surface area contributed by atoms with E-state index in [0.29, 0.717) is 0 Å². The molecule has 0 saturated heterocycles. The maximum atomic E-state index is 11.0. The van der Waals surface area contributed by atoms with Crippen LogP contribution >= 0.6 is 0 Å². The molecule has 0 saturated carbocycles. The Morgan fingerprint density at radius 3 is 2.16 bits per heavy atom. The molecule has 2 aromatic rings. The zero-order valence-electron chi connectivity index (χ0n) is 10.0. The van der Waals surface area contributed by atoms with Gasteiger partial charge in [-0.05, 0) is 12.5 Å². The van der Waals surface area contributed by atoms with Gasteiger partial charge in [-0.2, -0.15) is 4.57 Å². The van der Waals surface area contributed by atoms with E-state index in [1.54, 1.807) is 29.1 Å². The molecule has 0 fully saturated rings.